The van der Waals surface area contributed by atoms with Crippen LogP contribution in [-0.2, 0) is 0 Å². The third kappa shape index (κ3) is 1.91. The van der Waals surface area contributed by atoms with Gasteiger partial charge < -0.3 is 5.32 Å². The summed E-state index contributed by atoms with van der Waals surface area (Å²) in [5.41, 5.74) is 2.53. The molecule has 1 heterocycles. The Bertz CT molecular complexity index is 607. The fourth-order valence-electron chi connectivity index (χ4n) is 2.66. The smallest absolute Gasteiger partial charge is 0.103 e. The highest BCUT2D eigenvalue weighted by molar-refractivity contribution is 5.93. The summed E-state index contributed by atoms with van der Waals surface area (Å²) in [4.78, 5) is 4.32. The van der Waals surface area contributed by atoms with Crippen LogP contribution in [0.15, 0.2) is 30.5 Å². The number of aromatic nitrogens is 1. The SMILES string of the molecule is N#Cc1cnc2ccccc2c1NC1CCCC1. The van der Waals surface area contributed by atoms with Crippen molar-refractivity contribution in [3.8, 4) is 6.07 Å². The van der Waals surface area contributed by atoms with Crippen molar-refractivity contribution in [1.29, 1.82) is 5.26 Å². The van der Waals surface area contributed by atoms with Crippen LogP contribution in [0.4, 0.5) is 5.69 Å². The molecule has 0 bridgehead atoms. The Morgan fingerprint density at radius 3 is 2.78 bits per heavy atom. The van der Waals surface area contributed by atoms with Gasteiger partial charge in [-0.05, 0) is 18.9 Å². The summed E-state index contributed by atoms with van der Waals surface area (Å²) < 4.78 is 0. The molecule has 1 aromatic heterocycles. The van der Waals surface area contributed by atoms with E-state index in [1.54, 1.807) is 6.20 Å². The first-order valence-corrected chi connectivity index (χ1v) is 6.43. The molecule has 1 aliphatic rings. The standard InChI is InChI=1S/C15H15N3/c16-9-11-10-17-14-8-4-3-7-13(14)15(11)18-12-5-1-2-6-12/h3-4,7-8,10,12H,1-2,5-6H2,(H,17,18). The summed E-state index contributed by atoms with van der Waals surface area (Å²) in [5, 5.41) is 13.8. The monoisotopic (exact) mass is 237 g/mol. The molecule has 0 amide bonds. The van der Waals surface area contributed by atoms with Crippen molar-refractivity contribution in [2.24, 2.45) is 0 Å². The number of nitrogens with one attached hydrogen (secondary N) is 1. The van der Waals surface area contributed by atoms with E-state index in [-0.39, 0.29) is 0 Å². The third-order valence-electron chi connectivity index (χ3n) is 3.60. The van der Waals surface area contributed by atoms with Gasteiger partial charge in [0.1, 0.15) is 6.07 Å². The van der Waals surface area contributed by atoms with Gasteiger partial charge in [0.25, 0.3) is 0 Å². The van der Waals surface area contributed by atoms with Gasteiger partial charge in [-0.2, -0.15) is 5.26 Å². The van der Waals surface area contributed by atoms with Gasteiger partial charge in [-0.1, -0.05) is 31.0 Å². The molecule has 1 fully saturated rings. The lowest BCUT2D eigenvalue weighted by Gasteiger charge is -2.16. The molecule has 0 atom stereocenters. The molecule has 18 heavy (non-hydrogen) atoms. The van der Waals surface area contributed by atoms with Crippen molar-refractivity contribution >= 4 is 16.6 Å². The molecule has 3 rings (SSSR count). The van der Waals surface area contributed by atoms with Crippen molar-refractivity contribution in [3.05, 3.63) is 36.0 Å². The van der Waals surface area contributed by atoms with E-state index >= 15 is 0 Å². The predicted molar refractivity (Wildman–Crippen MR) is 72.3 cm³/mol. The molecule has 3 heteroatoms. The fourth-order valence-corrected chi connectivity index (χ4v) is 2.66. The van der Waals surface area contributed by atoms with Gasteiger partial charge in [0.15, 0.2) is 0 Å². The minimum atomic E-state index is 0.503. The molecule has 0 spiro atoms. The number of nitrogens with zero attached hydrogens (tertiary/aromatic N) is 2. The van der Waals surface area contributed by atoms with Crippen LogP contribution < -0.4 is 5.32 Å². The minimum absolute atomic E-state index is 0.503. The van der Waals surface area contributed by atoms with Gasteiger partial charge in [0.05, 0.1) is 16.8 Å². The number of nitriles is 1. The number of hydrogen-bond acceptors (Lipinski definition) is 3. The maximum absolute atomic E-state index is 9.22. The maximum atomic E-state index is 9.22. The van der Waals surface area contributed by atoms with E-state index in [9.17, 15) is 5.26 Å². The second kappa shape index (κ2) is 4.66. The number of para-hydroxylation sites is 1. The van der Waals surface area contributed by atoms with Crippen molar-refractivity contribution < 1.29 is 0 Å². The van der Waals surface area contributed by atoms with Crippen LogP contribution in [0, 0.1) is 11.3 Å². The second-order valence-corrected chi connectivity index (χ2v) is 4.80. The predicted octanol–water partition coefficient (Wildman–Crippen LogP) is 3.46. The summed E-state index contributed by atoms with van der Waals surface area (Å²) in [6, 6.07) is 10.7. The average molecular weight is 237 g/mol. The van der Waals surface area contributed by atoms with Crippen LogP contribution in [0.1, 0.15) is 31.2 Å². The first-order valence-electron chi connectivity index (χ1n) is 6.43. The summed E-state index contributed by atoms with van der Waals surface area (Å²) >= 11 is 0. The Morgan fingerprint density at radius 2 is 2.00 bits per heavy atom. The molecule has 3 nitrogen and oxygen atoms in total. The Balaban J connectivity index is 2.08. The molecular formula is C15H15N3. The van der Waals surface area contributed by atoms with Crippen molar-refractivity contribution in [2.75, 3.05) is 5.32 Å². The highest BCUT2D eigenvalue weighted by atomic mass is 14.9. The van der Waals surface area contributed by atoms with Gasteiger partial charge in [0.2, 0.25) is 0 Å². The molecule has 90 valence electrons. The first-order chi connectivity index (χ1) is 8.88. The Labute approximate surface area is 106 Å². The number of fused-ring (bicyclic) bond motifs is 1. The zero-order valence-electron chi connectivity index (χ0n) is 10.2. The van der Waals surface area contributed by atoms with Crippen LogP contribution in [0.5, 0.6) is 0 Å². The Morgan fingerprint density at radius 1 is 1.22 bits per heavy atom. The molecule has 1 N–H and O–H groups in total. The van der Waals surface area contributed by atoms with Gasteiger partial charge in [-0.25, -0.2) is 0 Å². The van der Waals surface area contributed by atoms with E-state index in [1.165, 1.54) is 25.7 Å². The minimum Gasteiger partial charge on any atom is -0.381 e. The van der Waals surface area contributed by atoms with Gasteiger partial charge in [-0.3, -0.25) is 4.98 Å². The van der Waals surface area contributed by atoms with Crippen LogP contribution in [0.25, 0.3) is 10.9 Å². The quantitative estimate of drug-likeness (QED) is 0.870. The number of anilines is 1. The van der Waals surface area contributed by atoms with Crippen LogP contribution in [0.3, 0.4) is 0 Å². The number of hydrogen-bond donors (Lipinski definition) is 1. The largest absolute Gasteiger partial charge is 0.381 e. The molecule has 1 saturated carbocycles. The fraction of sp³-hybridized carbons (Fsp3) is 0.333. The summed E-state index contributed by atoms with van der Waals surface area (Å²) in [5.74, 6) is 0. The molecule has 1 aliphatic carbocycles. The lowest BCUT2D eigenvalue weighted by molar-refractivity contribution is 0.756. The Hall–Kier alpha value is -2.08. The van der Waals surface area contributed by atoms with E-state index in [1.807, 2.05) is 24.3 Å². The van der Waals surface area contributed by atoms with E-state index in [2.05, 4.69) is 16.4 Å². The van der Waals surface area contributed by atoms with E-state index < -0.39 is 0 Å². The maximum Gasteiger partial charge on any atom is 0.103 e. The van der Waals surface area contributed by atoms with E-state index in [0.29, 0.717) is 11.6 Å². The molecular weight excluding hydrogens is 222 g/mol. The summed E-state index contributed by atoms with van der Waals surface area (Å²) in [7, 11) is 0. The van der Waals surface area contributed by atoms with Crippen LogP contribution >= 0.6 is 0 Å². The highest BCUT2D eigenvalue weighted by Gasteiger charge is 2.17. The van der Waals surface area contributed by atoms with Crippen molar-refractivity contribution in [2.45, 2.75) is 31.7 Å². The zero-order valence-corrected chi connectivity index (χ0v) is 10.2. The van der Waals surface area contributed by atoms with E-state index in [0.717, 1.165) is 16.6 Å². The lowest BCUT2D eigenvalue weighted by atomic mass is 10.1. The van der Waals surface area contributed by atoms with Crippen molar-refractivity contribution in [3.63, 3.8) is 0 Å². The van der Waals surface area contributed by atoms with Crippen LogP contribution in [-0.4, -0.2) is 11.0 Å². The number of benzene rings is 1. The second-order valence-electron chi connectivity index (χ2n) is 4.80. The average Bonchev–Trinajstić information content (AvgIpc) is 2.92. The normalized spacial score (nSPS) is 15.7. The third-order valence-corrected chi connectivity index (χ3v) is 3.60. The Kier molecular flexibility index (Phi) is 2.85. The first kappa shape index (κ1) is 11.0. The molecule has 1 aromatic carbocycles. The van der Waals surface area contributed by atoms with Crippen molar-refractivity contribution in [1.82, 2.24) is 4.98 Å². The van der Waals surface area contributed by atoms with E-state index in [4.69, 9.17) is 0 Å². The summed E-state index contributed by atoms with van der Waals surface area (Å²) in [6.07, 6.45) is 6.62. The van der Waals surface area contributed by atoms with Gasteiger partial charge >= 0.3 is 0 Å². The van der Waals surface area contributed by atoms with Gasteiger partial charge in [-0.15, -0.1) is 0 Å². The van der Waals surface area contributed by atoms with Crippen LogP contribution in [0.2, 0.25) is 0 Å². The van der Waals surface area contributed by atoms with Gasteiger partial charge in [0, 0.05) is 17.6 Å². The molecule has 2 aromatic rings. The summed E-state index contributed by atoms with van der Waals surface area (Å²) in [6.45, 7) is 0. The molecule has 0 saturated heterocycles. The molecule has 0 unspecified atom stereocenters. The number of rotatable bonds is 2. The number of pyridine rings is 1. The molecule has 0 aliphatic heterocycles. The highest BCUT2D eigenvalue weighted by Crippen LogP contribution is 2.29. The molecule has 0 radical (unpaired) electrons. The topological polar surface area (TPSA) is 48.7 Å². The lowest BCUT2D eigenvalue weighted by Crippen LogP contribution is -2.15. The zero-order chi connectivity index (χ0) is 12.4.